The van der Waals surface area contributed by atoms with Crippen molar-refractivity contribution < 1.29 is 45.6 Å². The predicted molar refractivity (Wildman–Crippen MR) is 69.5 cm³/mol. The summed E-state index contributed by atoms with van der Waals surface area (Å²) >= 11 is 0. The van der Waals surface area contributed by atoms with Gasteiger partial charge >= 0.3 is 15.2 Å². The molecular formula is C10H22ClNO6P2. The maximum atomic E-state index is 11.8. The molecule has 0 aromatic heterocycles. The van der Waals surface area contributed by atoms with E-state index in [2.05, 4.69) is 0 Å². The lowest BCUT2D eigenvalue weighted by Crippen LogP contribution is -3.00. The van der Waals surface area contributed by atoms with E-state index < -0.39 is 20.1 Å². The van der Waals surface area contributed by atoms with Gasteiger partial charge in [0.2, 0.25) is 0 Å². The van der Waals surface area contributed by atoms with Crippen LogP contribution in [-0.2, 0) is 9.13 Å². The summed E-state index contributed by atoms with van der Waals surface area (Å²) in [5.74, 6) is -0.0241. The van der Waals surface area contributed by atoms with Crippen molar-refractivity contribution in [1.29, 1.82) is 0 Å². The Hall–Kier alpha value is 0.550. The van der Waals surface area contributed by atoms with Crippen molar-refractivity contribution in [1.82, 2.24) is 0 Å². The van der Waals surface area contributed by atoms with Gasteiger partial charge in [0.25, 0.3) is 0 Å². The summed E-state index contributed by atoms with van der Waals surface area (Å²) in [6.45, 7) is 0.875. The minimum atomic E-state index is -4.87. The zero-order valence-electron chi connectivity index (χ0n) is 11.5. The number of hydrogen-bond donors (Lipinski definition) is 4. The molecule has 2 rings (SSSR count). The number of quaternary nitrogens is 1. The molecule has 0 spiro atoms. The highest BCUT2D eigenvalue weighted by atomic mass is 35.5. The van der Waals surface area contributed by atoms with Crippen LogP contribution < -0.4 is 12.4 Å². The second-order valence-corrected chi connectivity index (χ2v) is 10.7. The summed E-state index contributed by atoms with van der Waals surface area (Å²) in [6, 6.07) is -0.0889. The van der Waals surface area contributed by atoms with Crippen molar-refractivity contribution in [3.63, 3.8) is 0 Å². The molecule has 10 heteroatoms. The van der Waals surface area contributed by atoms with Crippen molar-refractivity contribution in [2.75, 3.05) is 20.6 Å². The molecule has 1 aliphatic heterocycles. The molecule has 0 radical (unpaired) electrons. The molecule has 7 nitrogen and oxygen atoms in total. The van der Waals surface area contributed by atoms with Crippen molar-refractivity contribution >= 4 is 15.2 Å². The van der Waals surface area contributed by atoms with Gasteiger partial charge in [0.1, 0.15) is 0 Å². The molecule has 2 atom stereocenters. The molecule has 1 saturated carbocycles. The molecule has 1 saturated heterocycles. The van der Waals surface area contributed by atoms with Crippen LogP contribution in [0.15, 0.2) is 0 Å². The Morgan fingerprint density at radius 2 is 1.55 bits per heavy atom. The lowest BCUT2D eigenvalue weighted by Gasteiger charge is -2.43. The number of nitrogens with zero attached hydrogens (tertiary/aromatic N) is 1. The average Bonchev–Trinajstić information content (AvgIpc) is 2.57. The fraction of sp³-hybridized carbons (Fsp3) is 1.00. The van der Waals surface area contributed by atoms with Gasteiger partial charge in [-0.15, -0.1) is 0 Å². The van der Waals surface area contributed by atoms with E-state index in [1.54, 1.807) is 0 Å². The number of piperidine rings is 1. The molecule has 0 aromatic carbocycles. The van der Waals surface area contributed by atoms with E-state index in [0.717, 1.165) is 19.4 Å². The van der Waals surface area contributed by atoms with E-state index in [1.807, 2.05) is 14.1 Å². The standard InChI is InChI=1S/C10H21NO6P2.ClH/c1-11(2)5-3-4-8-6-10(7-9(8)11,18(12,13)14)19(15,16)17;/h8-9H,3-7H2,1-2H3,(H3-,12,13,14,15,16,17);1H. The molecule has 1 heterocycles. The summed E-state index contributed by atoms with van der Waals surface area (Å²) in [5, 5.41) is 0. The van der Waals surface area contributed by atoms with E-state index >= 15 is 0 Å². The van der Waals surface area contributed by atoms with Gasteiger partial charge in [-0.25, -0.2) is 0 Å². The number of hydrogen-bond acceptors (Lipinski definition) is 2. The van der Waals surface area contributed by atoms with E-state index in [4.69, 9.17) is 0 Å². The highest BCUT2D eigenvalue weighted by Gasteiger charge is 2.68. The third-order valence-corrected chi connectivity index (χ3v) is 9.42. The minimum Gasteiger partial charge on any atom is -1.00 e. The van der Waals surface area contributed by atoms with E-state index in [0.29, 0.717) is 4.48 Å². The highest BCUT2D eigenvalue weighted by molar-refractivity contribution is 7.72. The van der Waals surface area contributed by atoms with Crippen molar-refractivity contribution in [2.24, 2.45) is 5.92 Å². The fourth-order valence-electron chi connectivity index (χ4n) is 3.83. The zero-order chi connectivity index (χ0) is 14.7. The second kappa shape index (κ2) is 5.32. The Bertz CT molecular complexity index is 450. The number of fused-ring (bicyclic) bond motifs is 1. The quantitative estimate of drug-likeness (QED) is 0.329. The van der Waals surface area contributed by atoms with Crippen molar-refractivity contribution in [3.8, 4) is 0 Å². The number of halogens is 1. The van der Waals surface area contributed by atoms with Crippen LogP contribution in [0, 0.1) is 5.92 Å². The van der Waals surface area contributed by atoms with Crippen LogP contribution in [0.25, 0.3) is 0 Å². The van der Waals surface area contributed by atoms with E-state index in [9.17, 15) is 28.7 Å². The Morgan fingerprint density at radius 1 is 1.05 bits per heavy atom. The molecule has 2 unspecified atom stereocenters. The van der Waals surface area contributed by atoms with Gasteiger partial charge in [0, 0.05) is 12.3 Å². The largest absolute Gasteiger partial charge is 1.00 e. The maximum Gasteiger partial charge on any atom is 0.344 e. The topological polar surface area (TPSA) is 115 Å². The van der Waals surface area contributed by atoms with Gasteiger partial charge in [-0.2, -0.15) is 0 Å². The van der Waals surface area contributed by atoms with Gasteiger partial charge < -0.3 is 36.5 Å². The van der Waals surface area contributed by atoms with Crippen LogP contribution in [0.5, 0.6) is 0 Å². The predicted octanol–water partition coefficient (Wildman–Crippen LogP) is -2.31. The lowest BCUT2D eigenvalue weighted by molar-refractivity contribution is -0.923. The highest BCUT2D eigenvalue weighted by Crippen LogP contribution is 2.76. The first-order valence-corrected chi connectivity index (χ1v) is 9.57. The van der Waals surface area contributed by atoms with E-state index in [-0.39, 0.29) is 37.2 Å². The monoisotopic (exact) mass is 349 g/mol. The molecular weight excluding hydrogens is 328 g/mol. The molecule has 4 N–H and O–H groups in total. The van der Waals surface area contributed by atoms with Crippen LogP contribution in [0.2, 0.25) is 0 Å². The summed E-state index contributed by atoms with van der Waals surface area (Å²) in [7, 11) is -5.81. The fourth-order valence-corrected chi connectivity index (χ4v) is 6.98. The minimum absolute atomic E-state index is 0. The van der Waals surface area contributed by atoms with Gasteiger partial charge in [0.05, 0.1) is 26.7 Å². The first-order chi connectivity index (χ1) is 8.41. The molecule has 0 aromatic rings. The summed E-state index contributed by atoms with van der Waals surface area (Å²) in [5.41, 5.74) is 0. The molecule has 0 bridgehead atoms. The Morgan fingerprint density at radius 3 is 1.95 bits per heavy atom. The average molecular weight is 350 g/mol. The maximum absolute atomic E-state index is 11.8. The van der Waals surface area contributed by atoms with Crippen LogP contribution in [0.4, 0.5) is 0 Å². The van der Waals surface area contributed by atoms with Gasteiger partial charge in [0.15, 0.2) is 4.90 Å². The van der Waals surface area contributed by atoms with Crippen molar-refractivity contribution in [2.45, 2.75) is 36.6 Å². The third kappa shape index (κ3) is 2.75. The molecule has 2 aliphatic rings. The van der Waals surface area contributed by atoms with Gasteiger partial charge in [-0.05, 0) is 19.3 Å². The Balaban J connectivity index is 0.00000200. The number of likely N-dealkylation sites (tertiary alicyclic amines) is 1. The molecule has 1 aliphatic carbocycles. The smallest absolute Gasteiger partial charge is 0.344 e. The number of rotatable bonds is 2. The normalized spacial score (nSPS) is 32.3. The molecule has 2 fully saturated rings. The molecule has 120 valence electrons. The molecule has 20 heavy (non-hydrogen) atoms. The third-order valence-electron chi connectivity index (χ3n) is 4.96. The van der Waals surface area contributed by atoms with Crippen molar-refractivity contribution in [3.05, 3.63) is 0 Å². The molecule has 0 amide bonds. The SMILES string of the molecule is C[N+]1(C)CCCC2CC(P(=O)(O)O)(P(=O)(O)O)CC21.[Cl-]. The first kappa shape index (κ1) is 18.6. The summed E-state index contributed by atoms with van der Waals surface area (Å²) < 4.78 is 24.1. The Kier molecular flexibility index (Phi) is 4.95. The van der Waals surface area contributed by atoms with Crippen LogP contribution in [0.3, 0.4) is 0 Å². The van der Waals surface area contributed by atoms with Crippen LogP contribution >= 0.6 is 15.2 Å². The Labute approximate surface area is 124 Å². The van der Waals surface area contributed by atoms with Crippen LogP contribution in [-0.4, -0.2) is 55.6 Å². The van der Waals surface area contributed by atoms with Gasteiger partial charge in [-0.3, -0.25) is 9.13 Å². The lowest BCUT2D eigenvalue weighted by atomic mass is 9.90. The van der Waals surface area contributed by atoms with E-state index in [1.165, 1.54) is 0 Å². The summed E-state index contributed by atoms with van der Waals surface area (Å²) in [4.78, 5) is 36.0. The summed E-state index contributed by atoms with van der Waals surface area (Å²) in [6.07, 6.45) is 1.54. The zero-order valence-corrected chi connectivity index (χ0v) is 14.1. The van der Waals surface area contributed by atoms with Gasteiger partial charge in [-0.1, -0.05) is 0 Å². The van der Waals surface area contributed by atoms with Crippen LogP contribution in [0.1, 0.15) is 25.7 Å². The first-order valence-electron chi connectivity index (χ1n) is 6.35. The second-order valence-electron chi connectivity index (χ2n) is 6.45.